The Balaban J connectivity index is 2.63. The molecule has 0 radical (unpaired) electrons. The van der Waals surface area contributed by atoms with Gasteiger partial charge in [-0.1, -0.05) is 12.8 Å². The van der Waals surface area contributed by atoms with Gasteiger partial charge in [-0.05, 0) is 33.2 Å². The van der Waals surface area contributed by atoms with E-state index in [-0.39, 0.29) is 12.0 Å². The summed E-state index contributed by atoms with van der Waals surface area (Å²) in [6, 6.07) is 0.262. The Morgan fingerprint density at radius 3 is 2.71 bits per heavy atom. The Morgan fingerprint density at radius 1 is 1.36 bits per heavy atom. The third-order valence-electron chi connectivity index (χ3n) is 3.14. The van der Waals surface area contributed by atoms with Crippen LogP contribution in [0.15, 0.2) is 0 Å². The van der Waals surface area contributed by atoms with E-state index in [1.165, 1.54) is 26.4 Å². The van der Waals surface area contributed by atoms with Gasteiger partial charge in [0.25, 0.3) is 0 Å². The molecule has 1 rings (SSSR count). The van der Waals surface area contributed by atoms with Gasteiger partial charge in [-0.2, -0.15) is 0 Å². The predicted octanol–water partition coefficient (Wildman–Crippen LogP) is 1.72. The van der Waals surface area contributed by atoms with Gasteiger partial charge in [0.1, 0.15) is 0 Å². The summed E-state index contributed by atoms with van der Waals surface area (Å²) < 4.78 is 4.83. The van der Waals surface area contributed by atoms with Crippen LogP contribution in [0.4, 0.5) is 0 Å². The van der Waals surface area contributed by atoms with Crippen LogP contribution in [0.3, 0.4) is 0 Å². The SMILES string of the molecule is COC(=O)C(C)(C)C1CCCCCN1. The van der Waals surface area contributed by atoms with Gasteiger partial charge >= 0.3 is 5.97 Å². The molecular formula is C11H21NO2. The minimum Gasteiger partial charge on any atom is -0.469 e. The number of ether oxygens (including phenoxy) is 1. The maximum absolute atomic E-state index is 11.6. The third-order valence-corrected chi connectivity index (χ3v) is 3.14. The molecule has 0 aliphatic carbocycles. The van der Waals surface area contributed by atoms with Gasteiger partial charge in [0.05, 0.1) is 12.5 Å². The Bertz CT molecular complexity index is 193. The molecule has 1 aliphatic heterocycles. The molecule has 0 spiro atoms. The highest BCUT2D eigenvalue weighted by Crippen LogP contribution is 2.27. The molecule has 3 nitrogen and oxygen atoms in total. The summed E-state index contributed by atoms with van der Waals surface area (Å²) in [5.41, 5.74) is -0.404. The fourth-order valence-corrected chi connectivity index (χ4v) is 2.05. The van der Waals surface area contributed by atoms with Crippen LogP contribution in [0.5, 0.6) is 0 Å². The molecule has 1 saturated heterocycles. The topological polar surface area (TPSA) is 38.3 Å². The van der Waals surface area contributed by atoms with Crippen LogP contribution in [0.2, 0.25) is 0 Å². The van der Waals surface area contributed by atoms with Gasteiger partial charge in [-0.3, -0.25) is 4.79 Å². The quantitative estimate of drug-likeness (QED) is 0.688. The zero-order chi connectivity index (χ0) is 10.6. The Morgan fingerprint density at radius 2 is 2.07 bits per heavy atom. The maximum Gasteiger partial charge on any atom is 0.312 e. The summed E-state index contributed by atoms with van der Waals surface area (Å²) in [5.74, 6) is -0.114. The number of hydrogen-bond acceptors (Lipinski definition) is 3. The van der Waals surface area contributed by atoms with Gasteiger partial charge in [0.2, 0.25) is 0 Å². The molecule has 1 unspecified atom stereocenters. The van der Waals surface area contributed by atoms with Crippen molar-refractivity contribution >= 4 is 5.97 Å². The van der Waals surface area contributed by atoms with Crippen molar-refractivity contribution in [1.29, 1.82) is 0 Å². The van der Waals surface area contributed by atoms with Crippen molar-refractivity contribution in [2.75, 3.05) is 13.7 Å². The summed E-state index contributed by atoms with van der Waals surface area (Å²) in [6.45, 7) is 4.94. The molecule has 0 aromatic carbocycles. The highest BCUT2D eigenvalue weighted by Gasteiger charge is 2.37. The summed E-state index contributed by atoms with van der Waals surface area (Å²) in [4.78, 5) is 11.6. The fourth-order valence-electron chi connectivity index (χ4n) is 2.05. The molecule has 82 valence electrons. The Kier molecular flexibility index (Phi) is 3.93. The van der Waals surface area contributed by atoms with Crippen LogP contribution in [-0.4, -0.2) is 25.7 Å². The molecule has 0 saturated carbocycles. The van der Waals surface area contributed by atoms with E-state index in [4.69, 9.17) is 4.74 Å². The number of methoxy groups -OCH3 is 1. The normalized spacial score (nSPS) is 24.1. The molecule has 0 bridgehead atoms. The maximum atomic E-state index is 11.6. The van der Waals surface area contributed by atoms with Crippen molar-refractivity contribution in [2.24, 2.45) is 5.41 Å². The average molecular weight is 199 g/mol. The molecule has 1 heterocycles. The Hall–Kier alpha value is -0.570. The number of esters is 1. The van der Waals surface area contributed by atoms with Crippen molar-refractivity contribution in [2.45, 2.75) is 45.6 Å². The second-order valence-corrected chi connectivity index (χ2v) is 4.57. The molecule has 0 aromatic heterocycles. The summed E-state index contributed by atoms with van der Waals surface area (Å²) in [6.07, 6.45) is 4.76. The Labute approximate surface area is 86.2 Å². The second kappa shape index (κ2) is 4.78. The van der Waals surface area contributed by atoms with E-state index < -0.39 is 5.41 Å². The lowest BCUT2D eigenvalue weighted by Gasteiger charge is -2.31. The van der Waals surface area contributed by atoms with E-state index in [0.717, 1.165) is 13.0 Å². The van der Waals surface area contributed by atoms with Crippen molar-refractivity contribution in [1.82, 2.24) is 5.32 Å². The summed E-state index contributed by atoms with van der Waals surface area (Å²) in [5, 5.41) is 3.44. The highest BCUT2D eigenvalue weighted by molar-refractivity contribution is 5.76. The van der Waals surface area contributed by atoms with Gasteiger partial charge in [0, 0.05) is 6.04 Å². The van der Waals surface area contributed by atoms with Crippen LogP contribution in [0.25, 0.3) is 0 Å². The van der Waals surface area contributed by atoms with E-state index in [9.17, 15) is 4.79 Å². The third kappa shape index (κ3) is 2.47. The van der Waals surface area contributed by atoms with Crippen molar-refractivity contribution < 1.29 is 9.53 Å². The minimum atomic E-state index is -0.404. The van der Waals surface area contributed by atoms with Crippen molar-refractivity contribution in [3.63, 3.8) is 0 Å². The molecule has 3 heteroatoms. The number of rotatable bonds is 2. The van der Waals surface area contributed by atoms with E-state index in [1.807, 2.05) is 13.8 Å². The monoisotopic (exact) mass is 199 g/mol. The first-order chi connectivity index (χ1) is 6.59. The molecule has 0 amide bonds. The van der Waals surface area contributed by atoms with Gasteiger partial charge in [-0.15, -0.1) is 0 Å². The smallest absolute Gasteiger partial charge is 0.312 e. The molecule has 1 N–H and O–H groups in total. The zero-order valence-electron chi connectivity index (χ0n) is 9.43. The standard InChI is InChI=1S/C11H21NO2/c1-11(2,10(13)14-3)9-7-5-4-6-8-12-9/h9,12H,4-8H2,1-3H3. The molecular weight excluding hydrogens is 178 g/mol. The number of carbonyl (C=O) groups excluding carboxylic acids is 1. The second-order valence-electron chi connectivity index (χ2n) is 4.57. The van der Waals surface area contributed by atoms with Crippen molar-refractivity contribution in [3.8, 4) is 0 Å². The number of carbonyl (C=O) groups is 1. The summed E-state index contributed by atoms with van der Waals surface area (Å²) in [7, 11) is 1.46. The molecule has 1 fully saturated rings. The highest BCUT2D eigenvalue weighted by atomic mass is 16.5. The summed E-state index contributed by atoms with van der Waals surface area (Å²) >= 11 is 0. The first-order valence-electron chi connectivity index (χ1n) is 5.41. The van der Waals surface area contributed by atoms with Crippen LogP contribution in [0.1, 0.15) is 39.5 Å². The zero-order valence-corrected chi connectivity index (χ0v) is 9.43. The van der Waals surface area contributed by atoms with Crippen LogP contribution < -0.4 is 5.32 Å². The lowest BCUT2D eigenvalue weighted by Crippen LogP contribution is -2.46. The van der Waals surface area contributed by atoms with Gasteiger partial charge < -0.3 is 10.1 Å². The molecule has 1 aliphatic rings. The molecule has 0 aromatic rings. The number of nitrogens with one attached hydrogen (secondary N) is 1. The molecule has 14 heavy (non-hydrogen) atoms. The first kappa shape index (κ1) is 11.5. The van der Waals surface area contributed by atoms with Crippen LogP contribution in [-0.2, 0) is 9.53 Å². The lowest BCUT2D eigenvalue weighted by molar-refractivity contribution is -0.152. The van der Waals surface area contributed by atoms with E-state index in [1.54, 1.807) is 0 Å². The van der Waals surface area contributed by atoms with Gasteiger partial charge in [0.15, 0.2) is 0 Å². The number of hydrogen-bond donors (Lipinski definition) is 1. The van der Waals surface area contributed by atoms with E-state index in [0.29, 0.717) is 0 Å². The van der Waals surface area contributed by atoms with Crippen LogP contribution in [0, 0.1) is 5.41 Å². The van der Waals surface area contributed by atoms with Crippen LogP contribution >= 0.6 is 0 Å². The molecule has 1 atom stereocenters. The van der Waals surface area contributed by atoms with Crippen molar-refractivity contribution in [3.05, 3.63) is 0 Å². The largest absolute Gasteiger partial charge is 0.469 e. The predicted molar refractivity (Wildman–Crippen MR) is 56.1 cm³/mol. The van der Waals surface area contributed by atoms with E-state index in [2.05, 4.69) is 5.32 Å². The minimum absolute atomic E-state index is 0.114. The van der Waals surface area contributed by atoms with E-state index >= 15 is 0 Å². The first-order valence-corrected chi connectivity index (χ1v) is 5.41. The van der Waals surface area contributed by atoms with Gasteiger partial charge in [-0.25, -0.2) is 0 Å². The fraction of sp³-hybridized carbons (Fsp3) is 0.909. The lowest BCUT2D eigenvalue weighted by atomic mass is 9.82. The average Bonchev–Trinajstić information content (AvgIpc) is 2.44.